The van der Waals surface area contributed by atoms with Gasteiger partial charge in [-0.2, -0.15) is 0 Å². The lowest BCUT2D eigenvalue weighted by molar-refractivity contribution is 0.0235. The van der Waals surface area contributed by atoms with E-state index in [1.165, 1.54) is 6.26 Å². The van der Waals surface area contributed by atoms with Crippen LogP contribution in [-0.4, -0.2) is 53.1 Å². The van der Waals surface area contributed by atoms with Gasteiger partial charge in [-0.05, 0) is 63.3 Å². The first-order valence-electron chi connectivity index (χ1n) is 13.1. The molecule has 0 amide bonds. The molecule has 1 aliphatic rings. The molecule has 5 atom stereocenters. The van der Waals surface area contributed by atoms with Crippen LogP contribution in [0.5, 0.6) is 5.88 Å². The van der Waals surface area contributed by atoms with Crippen LogP contribution in [0, 0.1) is 0 Å². The molecule has 210 valence electrons. The average molecular weight is 556 g/mol. The predicted octanol–water partition coefficient (Wildman–Crippen LogP) is 4.61. The van der Waals surface area contributed by atoms with E-state index >= 15 is 0 Å². The van der Waals surface area contributed by atoms with Crippen molar-refractivity contribution in [1.29, 1.82) is 0 Å². The van der Waals surface area contributed by atoms with Crippen molar-refractivity contribution in [2.75, 3.05) is 11.6 Å². The number of anilines is 2. The predicted molar refractivity (Wildman–Crippen MR) is 151 cm³/mol. The van der Waals surface area contributed by atoms with Gasteiger partial charge in [0, 0.05) is 36.5 Å². The Kier molecular flexibility index (Phi) is 7.86. The van der Waals surface area contributed by atoms with Gasteiger partial charge in [0.15, 0.2) is 0 Å². The maximum atomic E-state index is 12.3. The Bertz CT molecular complexity index is 1510. The summed E-state index contributed by atoms with van der Waals surface area (Å²) in [6.07, 6.45) is 4.96. The molecule has 10 nitrogen and oxygen atoms in total. The molecule has 4 heterocycles. The molecule has 4 rings (SSSR count). The largest absolute Gasteiger partial charge is 0.474 e. The van der Waals surface area contributed by atoms with E-state index in [-0.39, 0.29) is 24.1 Å². The van der Waals surface area contributed by atoms with Gasteiger partial charge in [-0.15, -0.1) is 0 Å². The van der Waals surface area contributed by atoms with E-state index in [9.17, 15) is 13.2 Å². The summed E-state index contributed by atoms with van der Waals surface area (Å²) in [4.78, 5) is 26.1. The van der Waals surface area contributed by atoms with Gasteiger partial charge in [-0.3, -0.25) is 0 Å². The molecule has 0 aromatic carbocycles. The van der Waals surface area contributed by atoms with Crippen molar-refractivity contribution in [2.45, 2.75) is 83.3 Å². The molecule has 3 aromatic heterocycles. The summed E-state index contributed by atoms with van der Waals surface area (Å²) in [7, 11) is -3.18. The number of cyclic esters (lactones) is 1. The summed E-state index contributed by atoms with van der Waals surface area (Å²) >= 11 is 0. The number of fused-ring (bicyclic) bond motifs is 2. The van der Waals surface area contributed by atoms with Crippen LogP contribution in [0.15, 0.2) is 30.6 Å². The summed E-state index contributed by atoms with van der Waals surface area (Å²) < 4.78 is 35.3. The van der Waals surface area contributed by atoms with Crippen molar-refractivity contribution >= 4 is 38.2 Å². The van der Waals surface area contributed by atoms with Gasteiger partial charge in [-0.1, -0.05) is 13.8 Å². The first-order valence-corrected chi connectivity index (χ1v) is 15.1. The minimum absolute atomic E-state index is 0.0451. The van der Waals surface area contributed by atoms with Gasteiger partial charge in [0.2, 0.25) is 5.88 Å². The summed E-state index contributed by atoms with van der Waals surface area (Å²) in [6.45, 7) is 11.3. The fourth-order valence-electron chi connectivity index (χ4n) is 4.55. The van der Waals surface area contributed by atoms with Gasteiger partial charge >= 0.3 is 5.97 Å². The van der Waals surface area contributed by atoms with Crippen LogP contribution in [0.1, 0.15) is 81.9 Å². The summed E-state index contributed by atoms with van der Waals surface area (Å²) in [5.74, 6) is 1.04. The molecular formula is C28H37N5O5S. The van der Waals surface area contributed by atoms with Crippen LogP contribution < -0.4 is 15.8 Å². The number of ether oxygens (including phenoxy) is 2. The SMILES string of the molecule is CCC(C)(N)c1cnc(O[C@H](C)C[C@@H](C)S(C)(=O)=O)c2cnc(Nc3ccc4c(n3)[C@H](C)[C@H](C)OC4=O)cc12. The third-order valence-corrected chi connectivity index (χ3v) is 9.28. The Hall–Kier alpha value is -3.31. The van der Waals surface area contributed by atoms with E-state index in [1.54, 1.807) is 31.5 Å². The highest BCUT2D eigenvalue weighted by atomic mass is 32.2. The lowest BCUT2D eigenvalue weighted by Gasteiger charge is -2.27. The Morgan fingerprint density at radius 1 is 1.15 bits per heavy atom. The second-order valence-corrected chi connectivity index (χ2v) is 13.3. The monoisotopic (exact) mass is 555 g/mol. The standard InChI is InChI=1S/C28H37N5O5S/c1-8-28(6,29)22-14-31-26(37-15(2)11-16(3)39(7,35)36)21-13-30-24(12-20(21)22)32-23-10-9-19-25(33-23)17(4)18(5)38-27(19)34/h9-10,12-18H,8,11,29H2,1-7H3,(H,30,32,33)/t15-,16-,17-,18+,28?/m1/s1. The van der Waals surface area contributed by atoms with Gasteiger partial charge in [0.05, 0.1) is 28.0 Å². The highest BCUT2D eigenvalue weighted by Gasteiger charge is 2.31. The number of carbonyl (C=O) groups excluding carboxylic acids is 1. The zero-order valence-corrected chi connectivity index (χ0v) is 24.3. The number of aromatic nitrogens is 3. The molecule has 0 radical (unpaired) electrons. The Balaban J connectivity index is 1.71. The molecule has 3 aromatic rings. The third kappa shape index (κ3) is 5.99. The Morgan fingerprint density at radius 2 is 1.87 bits per heavy atom. The molecule has 0 spiro atoms. The highest BCUT2D eigenvalue weighted by molar-refractivity contribution is 7.91. The normalized spacial score (nSPS) is 20.5. The average Bonchev–Trinajstić information content (AvgIpc) is 2.86. The number of esters is 1. The van der Waals surface area contributed by atoms with Crippen LogP contribution in [0.4, 0.5) is 11.6 Å². The molecule has 1 aliphatic heterocycles. The quantitative estimate of drug-likeness (QED) is 0.359. The second-order valence-electron chi connectivity index (χ2n) is 10.8. The number of nitrogens with two attached hydrogens (primary N) is 1. The molecule has 0 fully saturated rings. The summed E-state index contributed by atoms with van der Waals surface area (Å²) in [6, 6.07) is 5.32. The van der Waals surface area contributed by atoms with Crippen LogP contribution in [0.2, 0.25) is 0 Å². The maximum absolute atomic E-state index is 12.3. The minimum atomic E-state index is -3.18. The number of hydrogen-bond donors (Lipinski definition) is 2. The molecule has 11 heteroatoms. The topological polar surface area (TPSA) is 146 Å². The number of hydrogen-bond acceptors (Lipinski definition) is 10. The number of pyridine rings is 3. The van der Waals surface area contributed by atoms with Crippen molar-refractivity contribution in [3.63, 3.8) is 0 Å². The van der Waals surface area contributed by atoms with Crippen molar-refractivity contribution in [2.24, 2.45) is 5.73 Å². The molecule has 39 heavy (non-hydrogen) atoms. The molecule has 0 bridgehead atoms. The second kappa shape index (κ2) is 10.7. The maximum Gasteiger partial charge on any atom is 0.340 e. The fraction of sp³-hybridized carbons (Fsp3) is 0.500. The highest BCUT2D eigenvalue weighted by Crippen LogP contribution is 2.35. The van der Waals surface area contributed by atoms with Crippen LogP contribution >= 0.6 is 0 Å². The molecule has 0 aliphatic carbocycles. The van der Waals surface area contributed by atoms with E-state index in [0.717, 1.165) is 10.9 Å². The number of sulfone groups is 1. The van der Waals surface area contributed by atoms with Gasteiger partial charge < -0.3 is 20.5 Å². The third-order valence-electron chi connectivity index (χ3n) is 7.62. The summed E-state index contributed by atoms with van der Waals surface area (Å²) in [5.41, 5.74) is 7.97. The van der Waals surface area contributed by atoms with Gasteiger partial charge in [0.1, 0.15) is 27.6 Å². The van der Waals surface area contributed by atoms with Crippen molar-refractivity contribution < 1.29 is 22.7 Å². The van der Waals surface area contributed by atoms with Crippen LogP contribution in [0.25, 0.3) is 10.8 Å². The van der Waals surface area contributed by atoms with E-state index in [0.29, 0.717) is 47.0 Å². The van der Waals surface area contributed by atoms with Gasteiger partial charge in [-0.25, -0.2) is 28.2 Å². The first-order chi connectivity index (χ1) is 18.2. The summed E-state index contributed by atoms with van der Waals surface area (Å²) in [5, 5.41) is 4.20. The lowest BCUT2D eigenvalue weighted by atomic mass is 9.88. The number of rotatable bonds is 9. The van der Waals surface area contributed by atoms with Crippen molar-refractivity contribution in [1.82, 2.24) is 15.0 Å². The fourth-order valence-corrected chi connectivity index (χ4v) is 5.17. The van der Waals surface area contributed by atoms with E-state index in [4.69, 9.17) is 20.2 Å². The van der Waals surface area contributed by atoms with Crippen molar-refractivity contribution in [3.8, 4) is 5.88 Å². The molecule has 0 saturated heterocycles. The lowest BCUT2D eigenvalue weighted by Crippen LogP contribution is -2.32. The smallest absolute Gasteiger partial charge is 0.340 e. The van der Waals surface area contributed by atoms with Crippen molar-refractivity contribution in [3.05, 3.63) is 47.4 Å². The zero-order chi connectivity index (χ0) is 28.7. The van der Waals surface area contributed by atoms with E-state index in [1.807, 2.05) is 40.7 Å². The number of nitrogens with one attached hydrogen (secondary N) is 1. The van der Waals surface area contributed by atoms with Crippen LogP contribution in [0.3, 0.4) is 0 Å². The van der Waals surface area contributed by atoms with Gasteiger partial charge in [0.25, 0.3) is 0 Å². The van der Waals surface area contributed by atoms with Crippen LogP contribution in [-0.2, 0) is 20.1 Å². The van der Waals surface area contributed by atoms with E-state index < -0.39 is 20.6 Å². The zero-order valence-electron chi connectivity index (χ0n) is 23.5. The number of carbonyl (C=O) groups is 1. The molecular weight excluding hydrogens is 518 g/mol. The molecule has 3 N–H and O–H groups in total. The molecule has 1 unspecified atom stereocenters. The Labute approximate surface area is 229 Å². The van der Waals surface area contributed by atoms with E-state index in [2.05, 4.69) is 15.3 Å². The number of nitrogens with zero attached hydrogens (tertiary/aromatic N) is 3. The minimum Gasteiger partial charge on any atom is -0.474 e. The molecule has 0 saturated carbocycles. The Morgan fingerprint density at radius 3 is 2.54 bits per heavy atom. The first kappa shape index (κ1) is 28.7.